The van der Waals surface area contributed by atoms with Gasteiger partial charge in [0.2, 0.25) is 5.88 Å². The van der Waals surface area contributed by atoms with Crippen LogP contribution in [0.25, 0.3) is 23.4 Å². The highest BCUT2D eigenvalue weighted by Gasteiger charge is 2.27. The van der Waals surface area contributed by atoms with Gasteiger partial charge < -0.3 is 9.84 Å². The first-order valence-corrected chi connectivity index (χ1v) is 10.5. The molecule has 3 aromatic rings. The molecule has 162 valence electrons. The first-order chi connectivity index (χ1) is 15.3. The highest BCUT2D eigenvalue weighted by Crippen LogP contribution is 2.37. The molecule has 0 radical (unpaired) electrons. The van der Waals surface area contributed by atoms with Crippen LogP contribution in [-0.2, 0) is 9.53 Å². The van der Waals surface area contributed by atoms with E-state index in [4.69, 9.17) is 4.74 Å². The van der Waals surface area contributed by atoms with Gasteiger partial charge >= 0.3 is 5.97 Å². The molecule has 0 fully saturated rings. The molecule has 1 aliphatic carbocycles. The van der Waals surface area contributed by atoms with Crippen molar-refractivity contribution in [3.63, 3.8) is 0 Å². The zero-order valence-corrected chi connectivity index (χ0v) is 18.5. The Labute approximate surface area is 187 Å². The predicted octanol–water partition coefficient (Wildman–Crippen LogP) is 5.54. The Hall–Kier alpha value is -3.86. The van der Waals surface area contributed by atoms with Crippen molar-refractivity contribution in [1.82, 2.24) is 4.57 Å². The molecule has 5 heteroatoms. The lowest BCUT2D eigenvalue weighted by molar-refractivity contribution is -0.109. The summed E-state index contributed by atoms with van der Waals surface area (Å²) in [4.78, 5) is 25.4. The second-order valence-electron chi connectivity index (χ2n) is 8.11. The van der Waals surface area contributed by atoms with Crippen LogP contribution in [0.5, 0.6) is 5.88 Å². The second-order valence-corrected chi connectivity index (χ2v) is 8.11. The fraction of sp³-hybridized carbons (Fsp3) is 0.185. The number of rotatable bonds is 4. The van der Waals surface area contributed by atoms with Crippen molar-refractivity contribution in [2.24, 2.45) is 0 Å². The normalized spacial score (nSPS) is 14.2. The molecule has 0 saturated carbocycles. The van der Waals surface area contributed by atoms with Crippen LogP contribution in [0.15, 0.2) is 54.6 Å². The first kappa shape index (κ1) is 21.4. The average Bonchev–Trinajstić information content (AvgIpc) is 3.04. The van der Waals surface area contributed by atoms with Gasteiger partial charge in [0.15, 0.2) is 5.78 Å². The van der Waals surface area contributed by atoms with Gasteiger partial charge in [-0.3, -0.25) is 9.36 Å². The maximum absolute atomic E-state index is 12.7. The van der Waals surface area contributed by atoms with E-state index in [0.29, 0.717) is 17.2 Å². The molecule has 1 heterocycles. The molecular formula is C27H25NO4. The molecule has 1 aromatic heterocycles. The molecule has 4 rings (SSSR count). The minimum atomic E-state index is -0.575. The number of esters is 1. The summed E-state index contributed by atoms with van der Waals surface area (Å²) >= 11 is 0. The average molecular weight is 428 g/mol. The summed E-state index contributed by atoms with van der Waals surface area (Å²) < 4.78 is 6.62. The quantitative estimate of drug-likeness (QED) is 0.439. The van der Waals surface area contributed by atoms with Crippen LogP contribution in [0.2, 0.25) is 0 Å². The maximum atomic E-state index is 12.7. The van der Waals surface area contributed by atoms with Gasteiger partial charge in [-0.05, 0) is 53.8 Å². The summed E-state index contributed by atoms with van der Waals surface area (Å²) in [5.74, 6) is -0.507. The van der Waals surface area contributed by atoms with Gasteiger partial charge in [-0.15, -0.1) is 0 Å². The summed E-state index contributed by atoms with van der Waals surface area (Å²) in [6.07, 6.45) is 4.85. The Kier molecular flexibility index (Phi) is 5.57. The van der Waals surface area contributed by atoms with E-state index in [2.05, 4.69) is 13.8 Å². The fourth-order valence-electron chi connectivity index (χ4n) is 4.09. The molecule has 1 aliphatic rings. The van der Waals surface area contributed by atoms with Crippen molar-refractivity contribution in [2.75, 3.05) is 7.11 Å². The Morgan fingerprint density at radius 1 is 1.06 bits per heavy atom. The van der Waals surface area contributed by atoms with Crippen molar-refractivity contribution >= 4 is 29.5 Å². The van der Waals surface area contributed by atoms with Gasteiger partial charge in [-0.25, -0.2) is 4.79 Å². The number of benzene rings is 2. The molecule has 0 unspecified atom stereocenters. The Bertz CT molecular complexity index is 1270. The van der Waals surface area contributed by atoms with Crippen LogP contribution in [0.1, 0.15) is 58.1 Å². The van der Waals surface area contributed by atoms with E-state index in [-0.39, 0.29) is 22.8 Å². The van der Waals surface area contributed by atoms with Gasteiger partial charge in [0.25, 0.3) is 0 Å². The highest BCUT2D eigenvalue weighted by molar-refractivity contribution is 6.33. The van der Waals surface area contributed by atoms with Crippen molar-refractivity contribution in [1.29, 1.82) is 0 Å². The number of carbonyl (C=O) groups excluding carboxylic acids is 2. The van der Waals surface area contributed by atoms with Gasteiger partial charge in [0.1, 0.15) is 0 Å². The first-order valence-electron chi connectivity index (χ1n) is 10.5. The van der Waals surface area contributed by atoms with Crippen LogP contribution >= 0.6 is 0 Å². The third kappa shape index (κ3) is 3.56. The number of hydrogen-bond acceptors (Lipinski definition) is 4. The summed E-state index contributed by atoms with van der Waals surface area (Å²) in [5.41, 5.74) is 4.97. The zero-order valence-electron chi connectivity index (χ0n) is 18.5. The lowest BCUT2D eigenvalue weighted by Crippen LogP contribution is -2.07. The minimum absolute atomic E-state index is 0.118. The summed E-state index contributed by atoms with van der Waals surface area (Å²) in [7, 11) is 1.30. The Morgan fingerprint density at radius 3 is 2.41 bits per heavy atom. The summed E-state index contributed by atoms with van der Waals surface area (Å²) in [6.45, 7) is 5.97. The molecule has 0 spiro atoms. The Balaban J connectivity index is 1.94. The molecule has 0 saturated heterocycles. The number of allylic oxidation sites excluding steroid dienone is 2. The number of ketones is 1. The molecule has 0 atom stereocenters. The molecule has 5 nitrogen and oxygen atoms in total. The molecule has 32 heavy (non-hydrogen) atoms. The van der Waals surface area contributed by atoms with Crippen LogP contribution in [0, 0.1) is 6.92 Å². The van der Waals surface area contributed by atoms with E-state index in [1.54, 1.807) is 23.6 Å². The van der Waals surface area contributed by atoms with Gasteiger partial charge in [-0.1, -0.05) is 56.3 Å². The van der Waals surface area contributed by atoms with E-state index in [9.17, 15) is 14.7 Å². The van der Waals surface area contributed by atoms with E-state index >= 15 is 0 Å². The van der Waals surface area contributed by atoms with Crippen LogP contribution in [-0.4, -0.2) is 28.5 Å². The topological polar surface area (TPSA) is 68.5 Å². The largest absolute Gasteiger partial charge is 0.494 e. The van der Waals surface area contributed by atoms with E-state index < -0.39 is 5.97 Å². The fourth-order valence-corrected chi connectivity index (χ4v) is 4.09. The van der Waals surface area contributed by atoms with Crippen LogP contribution in [0.4, 0.5) is 0 Å². The number of carbonyl (C=O) groups is 2. The Morgan fingerprint density at radius 2 is 1.75 bits per heavy atom. The van der Waals surface area contributed by atoms with E-state index in [0.717, 1.165) is 16.8 Å². The number of nitrogens with zero attached hydrogens (tertiary/aromatic N) is 1. The second kappa shape index (κ2) is 8.35. The summed E-state index contributed by atoms with van der Waals surface area (Å²) in [6, 6.07) is 15.3. The molecule has 2 aromatic carbocycles. The van der Waals surface area contributed by atoms with Gasteiger partial charge in [0, 0.05) is 17.0 Å². The number of aromatic hydroxyl groups is 1. The smallest absolute Gasteiger partial charge is 0.340 e. The van der Waals surface area contributed by atoms with Crippen molar-refractivity contribution in [2.45, 2.75) is 26.7 Å². The third-order valence-electron chi connectivity index (χ3n) is 5.85. The zero-order chi connectivity index (χ0) is 23.0. The molecule has 0 bridgehead atoms. The standard InChI is InChI=1S/C27H25NO4/c1-16(2)18-9-12-20(13-10-18)28-17(3)25(27(31)32-4)23(26(28)30)15-22-21-8-6-5-7-19(21)11-14-24(22)29/h5-16,30H,1-4H3. The highest BCUT2D eigenvalue weighted by atomic mass is 16.5. The van der Waals surface area contributed by atoms with E-state index in [1.165, 1.54) is 18.7 Å². The molecular weight excluding hydrogens is 402 g/mol. The van der Waals surface area contributed by atoms with Crippen LogP contribution < -0.4 is 0 Å². The van der Waals surface area contributed by atoms with Crippen LogP contribution in [0.3, 0.4) is 0 Å². The SMILES string of the molecule is COC(=O)c1c(C=C2C(=O)C=Cc3ccccc32)c(O)n(-c2ccc(C(C)C)cc2)c1C. The number of ether oxygens (including phenoxy) is 1. The molecule has 0 amide bonds. The lowest BCUT2D eigenvalue weighted by atomic mass is 9.90. The van der Waals surface area contributed by atoms with Crippen molar-refractivity contribution in [3.8, 4) is 11.6 Å². The van der Waals surface area contributed by atoms with Gasteiger partial charge in [0.05, 0.1) is 18.2 Å². The lowest BCUT2D eigenvalue weighted by Gasteiger charge is -2.13. The number of methoxy groups -OCH3 is 1. The van der Waals surface area contributed by atoms with Crippen molar-refractivity contribution in [3.05, 3.63) is 88.1 Å². The summed E-state index contributed by atoms with van der Waals surface area (Å²) in [5, 5.41) is 11.2. The number of fused-ring (bicyclic) bond motifs is 1. The van der Waals surface area contributed by atoms with Gasteiger partial charge in [-0.2, -0.15) is 0 Å². The monoisotopic (exact) mass is 427 g/mol. The van der Waals surface area contributed by atoms with Crippen molar-refractivity contribution < 1.29 is 19.4 Å². The molecule has 1 N–H and O–H groups in total. The maximum Gasteiger partial charge on any atom is 0.340 e. The number of hydrogen-bond donors (Lipinski definition) is 1. The van der Waals surface area contributed by atoms with E-state index in [1.807, 2.05) is 48.5 Å². The number of aromatic nitrogens is 1. The predicted molar refractivity (Wildman–Crippen MR) is 126 cm³/mol. The third-order valence-corrected chi connectivity index (χ3v) is 5.85. The minimum Gasteiger partial charge on any atom is -0.494 e. The molecule has 0 aliphatic heterocycles.